The quantitative estimate of drug-likeness (QED) is 0.661. The van der Waals surface area contributed by atoms with Gasteiger partial charge in [0.05, 0.1) is 6.54 Å². The van der Waals surface area contributed by atoms with Gasteiger partial charge in [0.25, 0.3) is 5.92 Å². The Kier molecular flexibility index (Phi) is 2.66. The number of rotatable bonds is 2. The van der Waals surface area contributed by atoms with E-state index in [4.69, 9.17) is 5.11 Å². The Labute approximate surface area is 74.6 Å². The molecule has 74 valence electrons. The van der Waals surface area contributed by atoms with Crippen LogP contribution in [0.1, 0.15) is 6.42 Å². The predicted molar refractivity (Wildman–Crippen MR) is 42.8 cm³/mol. The van der Waals surface area contributed by atoms with Crippen LogP contribution in [0.5, 0.6) is 0 Å². The van der Waals surface area contributed by atoms with Crippen LogP contribution in [0, 0.1) is 0 Å². The Hall–Kier alpha value is -0.970. The van der Waals surface area contributed by atoms with E-state index in [1.807, 2.05) is 0 Å². The third-order valence-electron chi connectivity index (χ3n) is 2.02. The van der Waals surface area contributed by atoms with Crippen molar-refractivity contribution in [2.24, 2.45) is 0 Å². The van der Waals surface area contributed by atoms with Crippen LogP contribution in [-0.4, -0.2) is 41.5 Å². The highest BCUT2D eigenvalue weighted by atomic mass is 19.3. The molecule has 0 saturated carbocycles. The second kappa shape index (κ2) is 3.41. The first-order valence-electron chi connectivity index (χ1n) is 3.90. The van der Waals surface area contributed by atoms with E-state index in [9.17, 15) is 13.6 Å². The number of halogens is 2. The van der Waals surface area contributed by atoms with Gasteiger partial charge in [-0.15, -0.1) is 0 Å². The Bertz CT molecular complexity index is 240. The SMILES string of the molecule is CN1CC(F)(F)CC1/C=C/C(=O)O. The van der Waals surface area contributed by atoms with Crippen LogP contribution in [0.3, 0.4) is 0 Å². The predicted octanol–water partition coefficient (Wildman–Crippen LogP) is 0.967. The van der Waals surface area contributed by atoms with E-state index in [0.717, 1.165) is 6.08 Å². The van der Waals surface area contributed by atoms with E-state index in [1.54, 1.807) is 7.05 Å². The van der Waals surface area contributed by atoms with Gasteiger partial charge in [0.15, 0.2) is 0 Å². The summed E-state index contributed by atoms with van der Waals surface area (Å²) < 4.78 is 25.5. The van der Waals surface area contributed by atoms with Crippen LogP contribution >= 0.6 is 0 Å². The Morgan fingerprint density at radius 1 is 1.69 bits per heavy atom. The minimum Gasteiger partial charge on any atom is -0.478 e. The molecule has 3 nitrogen and oxygen atoms in total. The number of hydrogen-bond acceptors (Lipinski definition) is 2. The Balaban J connectivity index is 2.58. The van der Waals surface area contributed by atoms with Gasteiger partial charge in [-0.25, -0.2) is 13.6 Å². The van der Waals surface area contributed by atoms with Crippen molar-refractivity contribution in [3.8, 4) is 0 Å². The third kappa shape index (κ3) is 2.77. The summed E-state index contributed by atoms with van der Waals surface area (Å²) in [7, 11) is 1.55. The summed E-state index contributed by atoms with van der Waals surface area (Å²) in [6.07, 6.45) is 1.90. The average Bonchev–Trinajstić information content (AvgIpc) is 2.20. The van der Waals surface area contributed by atoms with E-state index < -0.39 is 17.9 Å². The first-order valence-corrected chi connectivity index (χ1v) is 3.90. The average molecular weight is 191 g/mol. The third-order valence-corrected chi connectivity index (χ3v) is 2.02. The van der Waals surface area contributed by atoms with Gasteiger partial charge in [-0.3, -0.25) is 4.90 Å². The summed E-state index contributed by atoms with van der Waals surface area (Å²) in [4.78, 5) is 11.6. The molecule has 0 amide bonds. The molecule has 0 bridgehead atoms. The molecule has 0 radical (unpaired) electrons. The normalized spacial score (nSPS) is 28.4. The van der Waals surface area contributed by atoms with Crippen LogP contribution in [-0.2, 0) is 4.79 Å². The lowest BCUT2D eigenvalue weighted by Crippen LogP contribution is -2.24. The number of likely N-dealkylation sites (N-methyl/N-ethyl adjacent to an activating group) is 1. The van der Waals surface area contributed by atoms with Gasteiger partial charge >= 0.3 is 5.97 Å². The summed E-state index contributed by atoms with van der Waals surface area (Å²) in [6, 6.07) is -0.467. The van der Waals surface area contributed by atoms with Gasteiger partial charge in [-0.2, -0.15) is 0 Å². The molecule has 0 aromatic carbocycles. The zero-order valence-corrected chi connectivity index (χ0v) is 7.20. The second-order valence-corrected chi connectivity index (χ2v) is 3.24. The van der Waals surface area contributed by atoms with Crippen LogP contribution in [0.2, 0.25) is 0 Å². The van der Waals surface area contributed by atoms with Gasteiger partial charge < -0.3 is 5.11 Å². The van der Waals surface area contributed by atoms with Gasteiger partial charge in [-0.1, -0.05) is 6.08 Å². The second-order valence-electron chi connectivity index (χ2n) is 3.24. The highest BCUT2D eigenvalue weighted by Gasteiger charge is 2.41. The van der Waals surface area contributed by atoms with E-state index in [-0.39, 0.29) is 13.0 Å². The van der Waals surface area contributed by atoms with Gasteiger partial charge in [0.1, 0.15) is 0 Å². The van der Waals surface area contributed by atoms with E-state index in [0.29, 0.717) is 0 Å². The molecular weight excluding hydrogens is 180 g/mol. The van der Waals surface area contributed by atoms with Crippen molar-refractivity contribution in [1.82, 2.24) is 4.90 Å². The molecule has 1 aliphatic heterocycles. The van der Waals surface area contributed by atoms with Crippen LogP contribution in [0.4, 0.5) is 8.78 Å². The van der Waals surface area contributed by atoms with Crippen molar-refractivity contribution in [1.29, 1.82) is 0 Å². The lowest BCUT2D eigenvalue weighted by Gasteiger charge is -2.12. The van der Waals surface area contributed by atoms with Crippen molar-refractivity contribution in [2.75, 3.05) is 13.6 Å². The summed E-state index contributed by atoms with van der Waals surface area (Å²) >= 11 is 0. The molecule has 1 rings (SSSR count). The molecule has 1 N–H and O–H groups in total. The molecule has 1 atom stereocenters. The Morgan fingerprint density at radius 3 is 2.69 bits per heavy atom. The topological polar surface area (TPSA) is 40.5 Å². The lowest BCUT2D eigenvalue weighted by atomic mass is 10.2. The van der Waals surface area contributed by atoms with Crippen LogP contribution < -0.4 is 0 Å². The molecule has 1 heterocycles. The monoisotopic (exact) mass is 191 g/mol. The number of nitrogens with zero attached hydrogens (tertiary/aromatic N) is 1. The number of carboxylic acids is 1. The largest absolute Gasteiger partial charge is 0.478 e. The molecule has 0 aromatic rings. The highest BCUT2D eigenvalue weighted by Crippen LogP contribution is 2.31. The first kappa shape index (κ1) is 10.1. The number of aliphatic carboxylic acids is 1. The van der Waals surface area contributed by atoms with Gasteiger partial charge in [-0.05, 0) is 7.05 Å². The smallest absolute Gasteiger partial charge is 0.328 e. The van der Waals surface area contributed by atoms with Crippen LogP contribution in [0.15, 0.2) is 12.2 Å². The number of likely N-dealkylation sites (tertiary alicyclic amines) is 1. The molecule has 5 heteroatoms. The summed E-state index contributed by atoms with van der Waals surface area (Å²) in [6.45, 7) is -0.304. The van der Waals surface area contributed by atoms with Gasteiger partial charge in [0, 0.05) is 18.5 Å². The summed E-state index contributed by atoms with van der Waals surface area (Å²) in [5, 5.41) is 8.30. The Morgan fingerprint density at radius 2 is 2.31 bits per heavy atom. The molecule has 1 saturated heterocycles. The van der Waals surface area contributed by atoms with E-state index >= 15 is 0 Å². The molecule has 0 aromatic heterocycles. The van der Waals surface area contributed by atoms with E-state index in [1.165, 1.54) is 11.0 Å². The van der Waals surface area contributed by atoms with Crippen molar-refractivity contribution in [3.05, 3.63) is 12.2 Å². The molecule has 1 aliphatic rings. The highest BCUT2D eigenvalue weighted by molar-refractivity contribution is 5.79. The van der Waals surface area contributed by atoms with Crippen molar-refractivity contribution < 1.29 is 18.7 Å². The maximum Gasteiger partial charge on any atom is 0.328 e. The fraction of sp³-hybridized carbons (Fsp3) is 0.625. The van der Waals surface area contributed by atoms with Crippen molar-refractivity contribution in [3.63, 3.8) is 0 Å². The zero-order valence-electron chi connectivity index (χ0n) is 7.20. The molecule has 1 fully saturated rings. The summed E-state index contributed by atoms with van der Waals surface area (Å²) in [5.41, 5.74) is 0. The fourth-order valence-electron chi connectivity index (χ4n) is 1.42. The number of alkyl halides is 2. The molecule has 0 spiro atoms. The standard InChI is InChI=1S/C8H11F2NO2/c1-11-5-8(9,10)4-6(11)2-3-7(12)13/h2-3,6H,4-5H2,1H3,(H,12,13)/b3-2+. The lowest BCUT2D eigenvalue weighted by molar-refractivity contribution is -0.131. The zero-order chi connectivity index (χ0) is 10.1. The fourth-order valence-corrected chi connectivity index (χ4v) is 1.42. The number of carboxylic acid groups (broad SMARTS) is 1. The molecular formula is C8H11F2NO2. The first-order chi connectivity index (χ1) is 5.91. The number of hydrogen-bond donors (Lipinski definition) is 1. The van der Waals surface area contributed by atoms with Crippen molar-refractivity contribution in [2.45, 2.75) is 18.4 Å². The minimum absolute atomic E-state index is 0.298. The van der Waals surface area contributed by atoms with Crippen LogP contribution in [0.25, 0.3) is 0 Å². The van der Waals surface area contributed by atoms with Crippen molar-refractivity contribution >= 4 is 5.97 Å². The van der Waals surface area contributed by atoms with E-state index in [2.05, 4.69) is 0 Å². The number of carbonyl (C=O) groups is 1. The molecule has 0 aliphatic carbocycles. The minimum atomic E-state index is -2.69. The molecule has 1 unspecified atom stereocenters. The van der Waals surface area contributed by atoms with Gasteiger partial charge in [0.2, 0.25) is 0 Å². The maximum absolute atomic E-state index is 12.7. The summed E-state index contributed by atoms with van der Waals surface area (Å²) in [5.74, 6) is -3.80. The maximum atomic E-state index is 12.7. The molecule has 13 heavy (non-hydrogen) atoms.